The fraction of sp³-hybridized carbons (Fsp3) is 0.462. The van der Waals surface area contributed by atoms with Crippen LogP contribution in [0.4, 0.5) is 10.1 Å². The van der Waals surface area contributed by atoms with Gasteiger partial charge in [0.2, 0.25) is 0 Å². The van der Waals surface area contributed by atoms with Crippen molar-refractivity contribution < 1.29 is 18.8 Å². The fourth-order valence-electron chi connectivity index (χ4n) is 2.15. The van der Waals surface area contributed by atoms with Crippen molar-refractivity contribution in [2.75, 3.05) is 20.1 Å². The molecule has 0 unspecified atom stereocenters. The van der Waals surface area contributed by atoms with Crippen molar-refractivity contribution in [3.8, 4) is 0 Å². The lowest BCUT2D eigenvalue weighted by Gasteiger charge is -2.28. The van der Waals surface area contributed by atoms with Crippen LogP contribution in [-0.2, 0) is 4.74 Å². The molecule has 0 atom stereocenters. The van der Waals surface area contributed by atoms with Gasteiger partial charge in [0.05, 0.1) is 4.92 Å². The molecule has 20 heavy (non-hydrogen) atoms. The quantitative estimate of drug-likeness (QED) is 0.481. The van der Waals surface area contributed by atoms with Crippen molar-refractivity contribution >= 4 is 11.7 Å². The van der Waals surface area contributed by atoms with E-state index in [-0.39, 0.29) is 11.7 Å². The number of rotatable bonds is 3. The van der Waals surface area contributed by atoms with E-state index in [0.717, 1.165) is 31.3 Å². The van der Waals surface area contributed by atoms with Crippen LogP contribution in [0.2, 0.25) is 0 Å². The molecule has 1 heterocycles. The van der Waals surface area contributed by atoms with Crippen LogP contribution in [0.25, 0.3) is 0 Å². The molecular formula is C13H15FN2O4. The van der Waals surface area contributed by atoms with Gasteiger partial charge in [-0.2, -0.15) is 0 Å². The molecule has 0 saturated carbocycles. The predicted molar refractivity (Wildman–Crippen MR) is 69.0 cm³/mol. The average molecular weight is 282 g/mol. The Bertz CT molecular complexity index is 527. The lowest BCUT2D eigenvalue weighted by molar-refractivity contribution is -0.385. The molecule has 6 nitrogen and oxygen atoms in total. The van der Waals surface area contributed by atoms with Gasteiger partial charge in [-0.05, 0) is 32.0 Å². The number of benzene rings is 1. The Morgan fingerprint density at radius 2 is 2.10 bits per heavy atom. The molecule has 1 aromatic carbocycles. The van der Waals surface area contributed by atoms with Gasteiger partial charge in [0.25, 0.3) is 5.69 Å². The molecule has 0 N–H and O–H groups in total. The number of halogens is 1. The summed E-state index contributed by atoms with van der Waals surface area (Å²) in [5, 5.41) is 10.8. The van der Waals surface area contributed by atoms with Gasteiger partial charge >= 0.3 is 5.97 Å². The number of nitro groups is 1. The van der Waals surface area contributed by atoms with Gasteiger partial charge in [0.15, 0.2) is 0 Å². The van der Waals surface area contributed by atoms with Crippen LogP contribution in [0.1, 0.15) is 23.2 Å². The first-order chi connectivity index (χ1) is 9.47. The summed E-state index contributed by atoms with van der Waals surface area (Å²) in [6.07, 6.45) is 1.07. The second-order valence-corrected chi connectivity index (χ2v) is 4.83. The van der Waals surface area contributed by atoms with Crippen molar-refractivity contribution in [1.82, 2.24) is 4.90 Å². The molecule has 2 rings (SSSR count). The molecule has 1 fully saturated rings. The maximum Gasteiger partial charge on any atom is 0.345 e. The second kappa shape index (κ2) is 5.96. The Labute approximate surface area is 115 Å². The summed E-state index contributed by atoms with van der Waals surface area (Å²) in [5.41, 5.74) is -0.779. The highest BCUT2D eigenvalue weighted by atomic mass is 19.1. The van der Waals surface area contributed by atoms with Crippen molar-refractivity contribution in [3.05, 3.63) is 39.7 Å². The zero-order valence-electron chi connectivity index (χ0n) is 11.0. The maximum atomic E-state index is 13.2. The molecule has 7 heteroatoms. The Hall–Kier alpha value is -2.02. The smallest absolute Gasteiger partial charge is 0.345 e. The molecule has 0 spiro atoms. The lowest BCUT2D eigenvalue weighted by Crippen LogP contribution is -2.35. The van der Waals surface area contributed by atoms with Gasteiger partial charge < -0.3 is 9.64 Å². The lowest BCUT2D eigenvalue weighted by atomic mass is 10.1. The van der Waals surface area contributed by atoms with Crippen LogP contribution in [0.5, 0.6) is 0 Å². The summed E-state index contributed by atoms with van der Waals surface area (Å²) in [7, 11) is 1.97. The molecule has 0 radical (unpaired) electrons. The van der Waals surface area contributed by atoms with Crippen LogP contribution in [0, 0.1) is 15.9 Å². The summed E-state index contributed by atoms with van der Waals surface area (Å²) < 4.78 is 18.4. The minimum Gasteiger partial charge on any atom is -0.458 e. The van der Waals surface area contributed by atoms with Crippen LogP contribution in [0.3, 0.4) is 0 Å². The summed E-state index contributed by atoms with van der Waals surface area (Å²) in [4.78, 5) is 24.2. The van der Waals surface area contributed by atoms with E-state index in [2.05, 4.69) is 4.90 Å². The Kier molecular flexibility index (Phi) is 4.29. The highest BCUT2D eigenvalue weighted by Crippen LogP contribution is 2.22. The normalized spacial score (nSPS) is 16.9. The number of hydrogen-bond acceptors (Lipinski definition) is 5. The first-order valence-corrected chi connectivity index (χ1v) is 6.31. The number of esters is 1. The van der Waals surface area contributed by atoms with Gasteiger partial charge in [0.1, 0.15) is 17.5 Å². The third kappa shape index (κ3) is 3.30. The average Bonchev–Trinajstić information content (AvgIpc) is 2.41. The van der Waals surface area contributed by atoms with Gasteiger partial charge in [-0.3, -0.25) is 10.1 Å². The number of likely N-dealkylation sites (tertiary alicyclic amines) is 1. The highest BCUT2D eigenvalue weighted by molar-refractivity contribution is 5.94. The van der Waals surface area contributed by atoms with E-state index >= 15 is 0 Å². The van der Waals surface area contributed by atoms with E-state index in [1.807, 2.05) is 7.05 Å². The van der Waals surface area contributed by atoms with Gasteiger partial charge in [-0.25, -0.2) is 9.18 Å². The molecule has 0 bridgehead atoms. The molecule has 0 aliphatic carbocycles. The maximum absolute atomic E-state index is 13.2. The Balaban J connectivity index is 2.12. The zero-order chi connectivity index (χ0) is 14.7. The van der Waals surface area contributed by atoms with Gasteiger partial charge in [0, 0.05) is 19.2 Å². The van der Waals surface area contributed by atoms with E-state index in [1.54, 1.807) is 0 Å². The molecule has 1 saturated heterocycles. The Morgan fingerprint density at radius 1 is 1.45 bits per heavy atom. The number of nitro benzene ring substituents is 1. The molecule has 108 valence electrons. The number of carbonyl (C=O) groups is 1. The van der Waals surface area contributed by atoms with Crippen LogP contribution in [0.15, 0.2) is 18.2 Å². The molecule has 1 aliphatic heterocycles. The summed E-state index contributed by atoms with van der Waals surface area (Å²) in [5.74, 6) is -1.54. The van der Waals surface area contributed by atoms with E-state index in [1.165, 1.54) is 0 Å². The standard InChI is InChI=1S/C13H15FN2O4/c1-15-6-4-10(5-7-15)20-13(17)11-8-9(14)2-3-12(11)16(18)19/h2-3,8,10H,4-7H2,1H3. The largest absolute Gasteiger partial charge is 0.458 e. The van der Waals surface area contributed by atoms with E-state index in [9.17, 15) is 19.3 Å². The van der Waals surface area contributed by atoms with E-state index in [0.29, 0.717) is 12.8 Å². The van der Waals surface area contributed by atoms with E-state index in [4.69, 9.17) is 4.74 Å². The third-order valence-electron chi connectivity index (χ3n) is 3.31. The molecule has 0 amide bonds. The zero-order valence-corrected chi connectivity index (χ0v) is 11.0. The van der Waals surface area contributed by atoms with E-state index < -0.39 is 22.4 Å². The second-order valence-electron chi connectivity index (χ2n) is 4.83. The first kappa shape index (κ1) is 14.4. The minimum absolute atomic E-state index is 0.276. The highest BCUT2D eigenvalue weighted by Gasteiger charge is 2.26. The van der Waals surface area contributed by atoms with Crippen molar-refractivity contribution in [1.29, 1.82) is 0 Å². The minimum atomic E-state index is -0.842. The van der Waals surface area contributed by atoms with Crippen LogP contribution < -0.4 is 0 Å². The van der Waals surface area contributed by atoms with Crippen molar-refractivity contribution in [2.24, 2.45) is 0 Å². The Morgan fingerprint density at radius 3 is 2.70 bits per heavy atom. The van der Waals surface area contributed by atoms with Crippen molar-refractivity contribution in [2.45, 2.75) is 18.9 Å². The monoisotopic (exact) mass is 282 g/mol. The fourth-order valence-corrected chi connectivity index (χ4v) is 2.15. The number of ether oxygens (including phenoxy) is 1. The predicted octanol–water partition coefficient (Wildman–Crippen LogP) is 1.98. The summed E-state index contributed by atoms with van der Waals surface area (Å²) in [6.45, 7) is 1.59. The van der Waals surface area contributed by atoms with Crippen molar-refractivity contribution in [3.63, 3.8) is 0 Å². The number of nitrogens with zero attached hydrogens (tertiary/aromatic N) is 2. The number of piperidine rings is 1. The molecule has 1 aliphatic rings. The molecule has 0 aromatic heterocycles. The summed E-state index contributed by atoms with van der Waals surface area (Å²) in [6, 6.07) is 2.76. The molecular weight excluding hydrogens is 267 g/mol. The van der Waals surface area contributed by atoms with Gasteiger partial charge in [-0.15, -0.1) is 0 Å². The topological polar surface area (TPSA) is 72.7 Å². The SMILES string of the molecule is CN1CCC(OC(=O)c2cc(F)ccc2[N+](=O)[O-])CC1. The number of hydrogen-bond donors (Lipinski definition) is 0. The van der Waals surface area contributed by atoms with Crippen LogP contribution >= 0.6 is 0 Å². The molecule has 1 aromatic rings. The van der Waals surface area contributed by atoms with Crippen LogP contribution in [-0.4, -0.2) is 42.0 Å². The number of carbonyl (C=O) groups excluding carboxylic acids is 1. The van der Waals surface area contributed by atoms with Gasteiger partial charge in [-0.1, -0.05) is 0 Å². The third-order valence-corrected chi connectivity index (χ3v) is 3.31. The summed E-state index contributed by atoms with van der Waals surface area (Å²) >= 11 is 0. The first-order valence-electron chi connectivity index (χ1n) is 6.31.